The largest absolute Gasteiger partial charge is 0.498 e. The summed E-state index contributed by atoms with van der Waals surface area (Å²) in [5.41, 5.74) is -3.28. The van der Waals surface area contributed by atoms with Crippen LogP contribution in [-0.4, -0.2) is 46.7 Å². The van der Waals surface area contributed by atoms with Crippen molar-refractivity contribution in [3.8, 4) is 0 Å². The van der Waals surface area contributed by atoms with E-state index in [2.05, 4.69) is 4.98 Å². The summed E-state index contributed by atoms with van der Waals surface area (Å²) in [6.07, 6.45) is -0.959. The number of rotatable bonds is 2. The van der Waals surface area contributed by atoms with Crippen molar-refractivity contribution in [2.75, 3.05) is 4.90 Å². The van der Waals surface area contributed by atoms with Crippen molar-refractivity contribution in [3.63, 3.8) is 0 Å². The third-order valence-electron chi connectivity index (χ3n) is 4.77. The number of amides is 2. The van der Waals surface area contributed by atoms with Gasteiger partial charge in [-0.05, 0) is 75.3 Å². The van der Waals surface area contributed by atoms with Crippen LogP contribution in [0.5, 0.6) is 0 Å². The third-order valence-corrected chi connectivity index (χ3v) is 4.77. The number of pyridine rings is 1. The van der Waals surface area contributed by atoms with Crippen LogP contribution in [0, 0.1) is 5.82 Å². The van der Waals surface area contributed by atoms with Crippen molar-refractivity contribution in [3.05, 3.63) is 18.1 Å². The van der Waals surface area contributed by atoms with E-state index >= 15 is 4.39 Å². The van der Waals surface area contributed by atoms with Gasteiger partial charge in [0, 0.05) is 11.7 Å². The third kappa shape index (κ3) is 5.74. The highest BCUT2D eigenvalue weighted by Gasteiger charge is 2.53. The molecule has 2 rings (SSSR count). The number of hydrogen-bond donors (Lipinski definition) is 0. The number of ether oxygens (including phenoxy) is 2. The quantitative estimate of drug-likeness (QED) is 0.640. The first-order valence-corrected chi connectivity index (χ1v) is 10.1. The standard InChI is InChI=1S/C21H32BFN2O6/c1-18(2,3)28-16(26)25(17(27)29-19(4,5)6)15-14(23)13(11-12-24-15)22-30-20(7,8)21(9,10)31-22/h11-12H,1-10H3. The molecule has 2 amide bonds. The fraction of sp³-hybridized carbons (Fsp3) is 0.667. The SMILES string of the molecule is CC(C)(C)OC(=O)N(C(=O)OC(C)(C)C)c1nccc(B2OC(C)(C)C(C)(C)O2)c1F. The topological polar surface area (TPSA) is 87.2 Å². The summed E-state index contributed by atoms with van der Waals surface area (Å²) in [6.45, 7) is 17.1. The van der Waals surface area contributed by atoms with E-state index in [0.29, 0.717) is 4.90 Å². The van der Waals surface area contributed by atoms with Crippen molar-refractivity contribution < 1.29 is 32.8 Å². The molecule has 0 spiro atoms. The van der Waals surface area contributed by atoms with Crippen LogP contribution in [-0.2, 0) is 18.8 Å². The molecule has 8 nitrogen and oxygen atoms in total. The summed E-state index contributed by atoms with van der Waals surface area (Å²) in [4.78, 5) is 30.0. The first-order chi connectivity index (χ1) is 13.8. The van der Waals surface area contributed by atoms with E-state index in [9.17, 15) is 9.59 Å². The summed E-state index contributed by atoms with van der Waals surface area (Å²) in [5.74, 6) is -1.51. The van der Waals surface area contributed by atoms with Gasteiger partial charge >= 0.3 is 19.3 Å². The fourth-order valence-corrected chi connectivity index (χ4v) is 2.62. The molecule has 1 aliphatic heterocycles. The van der Waals surface area contributed by atoms with Crippen LogP contribution in [0.4, 0.5) is 19.8 Å². The van der Waals surface area contributed by atoms with Gasteiger partial charge in [-0.3, -0.25) is 0 Å². The number of imide groups is 1. The predicted octanol–water partition coefficient (Wildman–Crippen LogP) is 4.20. The highest BCUT2D eigenvalue weighted by molar-refractivity contribution is 6.62. The van der Waals surface area contributed by atoms with Crippen molar-refractivity contribution in [1.82, 2.24) is 4.98 Å². The minimum Gasteiger partial charge on any atom is -0.443 e. The van der Waals surface area contributed by atoms with E-state index in [0.717, 1.165) is 0 Å². The normalized spacial score (nSPS) is 18.0. The molecule has 0 aliphatic carbocycles. The van der Waals surface area contributed by atoms with Crippen LogP contribution in [0.3, 0.4) is 0 Å². The number of nitrogens with zero attached hydrogens (tertiary/aromatic N) is 2. The summed E-state index contributed by atoms with van der Waals surface area (Å²) in [6, 6.07) is 1.38. The highest BCUT2D eigenvalue weighted by atomic mass is 19.1. The second-order valence-corrected chi connectivity index (χ2v) is 10.4. The first-order valence-electron chi connectivity index (χ1n) is 10.1. The number of aromatic nitrogens is 1. The van der Waals surface area contributed by atoms with Gasteiger partial charge in [0.15, 0.2) is 11.6 Å². The number of halogens is 1. The Kier molecular flexibility index (Phi) is 6.51. The molecule has 1 fully saturated rings. The monoisotopic (exact) mass is 438 g/mol. The number of hydrogen-bond acceptors (Lipinski definition) is 7. The summed E-state index contributed by atoms with van der Waals surface area (Å²) < 4.78 is 38.0. The number of carbonyl (C=O) groups excluding carboxylic acids is 2. The molecule has 1 saturated heterocycles. The van der Waals surface area contributed by atoms with Crippen LogP contribution in [0.2, 0.25) is 0 Å². The van der Waals surface area contributed by atoms with E-state index in [1.54, 1.807) is 41.5 Å². The average Bonchev–Trinajstić information content (AvgIpc) is 2.73. The van der Waals surface area contributed by atoms with Gasteiger partial charge in [-0.2, -0.15) is 4.90 Å². The van der Waals surface area contributed by atoms with Crippen molar-refractivity contribution in [1.29, 1.82) is 0 Å². The van der Waals surface area contributed by atoms with Gasteiger partial charge in [0.2, 0.25) is 0 Å². The zero-order chi connectivity index (χ0) is 24.0. The van der Waals surface area contributed by atoms with E-state index < -0.39 is 53.3 Å². The molecule has 0 unspecified atom stereocenters. The summed E-state index contributed by atoms with van der Waals surface area (Å²) >= 11 is 0. The Balaban J connectivity index is 2.51. The van der Waals surface area contributed by atoms with Crippen molar-refractivity contribution in [2.45, 2.75) is 91.6 Å². The smallest absolute Gasteiger partial charge is 0.443 e. The second-order valence-electron chi connectivity index (χ2n) is 10.4. The lowest BCUT2D eigenvalue weighted by Crippen LogP contribution is -2.46. The maximum atomic E-state index is 15.6. The second kappa shape index (κ2) is 8.05. The van der Waals surface area contributed by atoms with Crippen molar-refractivity contribution >= 4 is 30.6 Å². The molecule has 0 atom stereocenters. The predicted molar refractivity (Wildman–Crippen MR) is 115 cm³/mol. The van der Waals surface area contributed by atoms with Crippen LogP contribution < -0.4 is 10.4 Å². The Labute approximate surface area is 183 Å². The summed E-state index contributed by atoms with van der Waals surface area (Å²) in [7, 11) is -1.05. The molecule has 172 valence electrons. The molecular formula is C21H32BFN2O6. The minimum absolute atomic E-state index is 0.000711. The molecule has 2 heterocycles. The molecule has 31 heavy (non-hydrogen) atoms. The maximum absolute atomic E-state index is 15.6. The Morgan fingerprint density at radius 2 is 1.39 bits per heavy atom. The van der Waals surface area contributed by atoms with E-state index in [1.807, 2.05) is 27.7 Å². The molecule has 10 heteroatoms. The van der Waals surface area contributed by atoms with Crippen LogP contribution in [0.1, 0.15) is 69.2 Å². The molecule has 1 aromatic rings. The molecule has 0 bridgehead atoms. The Bertz CT molecular complexity index is 816. The van der Waals surface area contributed by atoms with Gasteiger partial charge in [-0.25, -0.2) is 19.0 Å². The van der Waals surface area contributed by atoms with Crippen LogP contribution >= 0.6 is 0 Å². The number of anilines is 1. The van der Waals surface area contributed by atoms with Crippen molar-refractivity contribution in [2.24, 2.45) is 0 Å². The Morgan fingerprint density at radius 1 is 0.968 bits per heavy atom. The van der Waals surface area contributed by atoms with Gasteiger partial charge in [0.1, 0.15) is 11.2 Å². The highest BCUT2D eigenvalue weighted by Crippen LogP contribution is 2.37. The average molecular weight is 438 g/mol. The first kappa shape index (κ1) is 25.1. The van der Waals surface area contributed by atoms with E-state index in [4.69, 9.17) is 18.8 Å². The molecule has 0 N–H and O–H groups in total. The van der Waals surface area contributed by atoms with Gasteiger partial charge in [0.05, 0.1) is 11.2 Å². The lowest BCUT2D eigenvalue weighted by Gasteiger charge is -2.32. The lowest BCUT2D eigenvalue weighted by molar-refractivity contribution is 0.00578. The Hall–Kier alpha value is -2.20. The molecule has 1 aliphatic rings. The van der Waals surface area contributed by atoms with Crippen LogP contribution in [0.15, 0.2) is 12.3 Å². The zero-order valence-electron chi connectivity index (χ0n) is 20.0. The van der Waals surface area contributed by atoms with E-state index in [-0.39, 0.29) is 5.46 Å². The lowest BCUT2D eigenvalue weighted by atomic mass is 9.79. The molecule has 1 aromatic heterocycles. The molecule has 0 radical (unpaired) electrons. The fourth-order valence-electron chi connectivity index (χ4n) is 2.62. The van der Waals surface area contributed by atoms with Gasteiger partial charge < -0.3 is 18.8 Å². The van der Waals surface area contributed by atoms with Gasteiger partial charge in [-0.1, -0.05) is 0 Å². The van der Waals surface area contributed by atoms with E-state index in [1.165, 1.54) is 12.3 Å². The zero-order valence-corrected chi connectivity index (χ0v) is 20.0. The molecule has 0 saturated carbocycles. The minimum atomic E-state index is -1.11. The van der Waals surface area contributed by atoms with Gasteiger partial charge in [-0.15, -0.1) is 0 Å². The maximum Gasteiger partial charge on any atom is 0.498 e. The summed E-state index contributed by atoms with van der Waals surface area (Å²) in [5, 5.41) is 0. The Morgan fingerprint density at radius 3 is 1.77 bits per heavy atom. The van der Waals surface area contributed by atoms with Crippen LogP contribution in [0.25, 0.3) is 0 Å². The molecular weight excluding hydrogens is 406 g/mol. The van der Waals surface area contributed by atoms with Gasteiger partial charge in [0.25, 0.3) is 0 Å². The molecule has 0 aromatic carbocycles. The number of carbonyl (C=O) groups is 2.